The SMILES string of the molecule is COc1ccc(CNC(=O)C2CCNCC2)cc1Br.Cl. The average molecular weight is 364 g/mol. The third-order valence-electron chi connectivity index (χ3n) is 3.39. The van der Waals surface area contributed by atoms with Gasteiger partial charge in [-0.25, -0.2) is 0 Å². The third kappa shape index (κ3) is 4.65. The smallest absolute Gasteiger partial charge is 0.223 e. The fourth-order valence-electron chi connectivity index (χ4n) is 2.24. The van der Waals surface area contributed by atoms with E-state index in [0.29, 0.717) is 6.54 Å². The maximum absolute atomic E-state index is 12.0. The van der Waals surface area contributed by atoms with E-state index >= 15 is 0 Å². The molecule has 6 heteroatoms. The van der Waals surface area contributed by atoms with Crippen molar-refractivity contribution in [1.82, 2.24) is 10.6 Å². The van der Waals surface area contributed by atoms with Crippen molar-refractivity contribution in [2.24, 2.45) is 5.92 Å². The van der Waals surface area contributed by atoms with E-state index in [-0.39, 0.29) is 24.2 Å². The van der Waals surface area contributed by atoms with Crippen molar-refractivity contribution < 1.29 is 9.53 Å². The van der Waals surface area contributed by atoms with E-state index in [4.69, 9.17) is 4.74 Å². The summed E-state index contributed by atoms with van der Waals surface area (Å²) in [6.45, 7) is 2.43. The Morgan fingerprint density at radius 3 is 2.75 bits per heavy atom. The molecule has 0 saturated carbocycles. The molecule has 2 rings (SSSR count). The normalized spacial score (nSPS) is 15.3. The summed E-state index contributed by atoms with van der Waals surface area (Å²) < 4.78 is 6.09. The zero-order chi connectivity index (χ0) is 13.7. The number of amides is 1. The largest absolute Gasteiger partial charge is 0.496 e. The highest BCUT2D eigenvalue weighted by atomic mass is 79.9. The van der Waals surface area contributed by atoms with Crippen LogP contribution in [-0.2, 0) is 11.3 Å². The number of carbonyl (C=O) groups excluding carboxylic acids is 1. The predicted molar refractivity (Wildman–Crippen MR) is 85.4 cm³/mol. The van der Waals surface area contributed by atoms with Crippen LogP contribution < -0.4 is 15.4 Å². The molecule has 1 fully saturated rings. The lowest BCUT2D eigenvalue weighted by atomic mass is 9.97. The number of rotatable bonds is 4. The molecule has 1 aromatic carbocycles. The summed E-state index contributed by atoms with van der Waals surface area (Å²) in [4.78, 5) is 12.0. The Hall–Kier alpha value is -0.780. The summed E-state index contributed by atoms with van der Waals surface area (Å²) in [6, 6.07) is 5.84. The highest BCUT2D eigenvalue weighted by Gasteiger charge is 2.20. The van der Waals surface area contributed by atoms with Gasteiger partial charge in [-0.2, -0.15) is 0 Å². The second kappa shape index (κ2) is 8.49. The van der Waals surface area contributed by atoms with Gasteiger partial charge in [0.15, 0.2) is 0 Å². The quantitative estimate of drug-likeness (QED) is 0.864. The van der Waals surface area contributed by atoms with Crippen LogP contribution in [0.3, 0.4) is 0 Å². The molecule has 0 aromatic heterocycles. The molecule has 112 valence electrons. The number of piperidine rings is 1. The van der Waals surface area contributed by atoms with Crippen LogP contribution in [0.25, 0.3) is 0 Å². The van der Waals surface area contributed by atoms with Crippen molar-refractivity contribution >= 4 is 34.2 Å². The molecule has 1 amide bonds. The van der Waals surface area contributed by atoms with Crippen molar-refractivity contribution in [3.05, 3.63) is 28.2 Å². The minimum absolute atomic E-state index is 0. The van der Waals surface area contributed by atoms with E-state index in [0.717, 1.165) is 41.7 Å². The van der Waals surface area contributed by atoms with Crippen molar-refractivity contribution in [2.75, 3.05) is 20.2 Å². The Morgan fingerprint density at radius 1 is 1.45 bits per heavy atom. The van der Waals surface area contributed by atoms with Crippen molar-refractivity contribution in [3.63, 3.8) is 0 Å². The van der Waals surface area contributed by atoms with Gasteiger partial charge in [0, 0.05) is 12.5 Å². The van der Waals surface area contributed by atoms with Gasteiger partial charge in [0.05, 0.1) is 11.6 Å². The Morgan fingerprint density at radius 2 is 2.15 bits per heavy atom. The first-order valence-corrected chi connectivity index (χ1v) is 7.31. The van der Waals surface area contributed by atoms with Gasteiger partial charge in [0.1, 0.15) is 5.75 Å². The fraction of sp³-hybridized carbons (Fsp3) is 0.500. The Kier molecular flexibility index (Phi) is 7.34. The minimum Gasteiger partial charge on any atom is -0.496 e. The maximum atomic E-state index is 12.0. The van der Waals surface area contributed by atoms with Crippen molar-refractivity contribution in [2.45, 2.75) is 19.4 Å². The lowest BCUT2D eigenvalue weighted by molar-refractivity contribution is -0.125. The number of benzene rings is 1. The van der Waals surface area contributed by atoms with Gasteiger partial charge in [-0.05, 0) is 59.6 Å². The van der Waals surface area contributed by atoms with Gasteiger partial charge < -0.3 is 15.4 Å². The summed E-state index contributed by atoms with van der Waals surface area (Å²) in [5, 5.41) is 6.27. The second-order valence-electron chi connectivity index (χ2n) is 4.71. The monoisotopic (exact) mass is 362 g/mol. The number of hydrogen-bond donors (Lipinski definition) is 2. The molecular weight excluding hydrogens is 344 g/mol. The topological polar surface area (TPSA) is 50.4 Å². The summed E-state index contributed by atoms with van der Waals surface area (Å²) in [5.74, 6) is 1.12. The maximum Gasteiger partial charge on any atom is 0.223 e. The molecule has 0 unspecified atom stereocenters. The molecular formula is C14H20BrClN2O2. The molecule has 0 atom stereocenters. The van der Waals surface area contributed by atoms with Gasteiger partial charge in [-0.3, -0.25) is 4.79 Å². The molecule has 1 saturated heterocycles. The van der Waals surface area contributed by atoms with Crippen LogP contribution >= 0.6 is 28.3 Å². The molecule has 1 aliphatic heterocycles. The van der Waals surface area contributed by atoms with Gasteiger partial charge >= 0.3 is 0 Å². The van der Waals surface area contributed by atoms with Crippen LogP contribution in [-0.4, -0.2) is 26.1 Å². The molecule has 1 heterocycles. The first kappa shape index (κ1) is 17.3. The van der Waals surface area contributed by atoms with Crippen LogP contribution in [0, 0.1) is 5.92 Å². The lowest BCUT2D eigenvalue weighted by Gasteiger charge is -2.21. The minimum atomic E-state index is 0. The van der Waals surface area contributed by atoms with Crippen LogP contribution in [0.5, 0.6) is 5.75 Å². The number of hydrogen-bond acceptors (Lipinski definition) is 3. The number of halogens is 2. The molecule has 2 N–H and O–H groups in total. The van der Waals surface area contributed by atoms with Crippen LogP contribution in [0.4, 0.5) is 0 Å². The molecule has 0 spiro atoms. The summed E-state index contributed by atoms with van der Waals surface area (Å²) in [5.41, 5.74) is 1.06. The van der Waals surface area contributed by atoms with E-state index < -0.39 is 0 Å². The van der Waals surface area contributed by atoms with Crippen LogP contribution in [0.15, 0.2) is 22.7 Å². The first-order chi connectivity index (χ1) is 9.20. The number of nitrogens with one attached hydrogen (secondary N) is 2. The lowest BCUT2D eigenvalue weighted by Crippen LogP contribution is -2.37. The second-order valence-corrected chi connectivity index (χ2v) is 5.57. The van der Waals surface area contributed by atoms with E-state index in [1.54, 1.807) is 7.11 Å². The zero-order valence-corrected chi connectivity index (χ0v) is 13.9. The number of carbonyl (C=O) groups is 1. The summed E-state index contributed by atoms with van der Waals surface area (Å²) in [6.07, 6.45) is 1.86. The van der Waals surface area contributed by atoms with E-state index in [2.05, 4.69) is 26.6 Å². The Balaban J connectivity index is 0.00000200. The highest BCUT2D eigenvalue weighted by molar-refractivity contribution is 9.10. The Bertz CT molecular complexity index is 451. The van der Waals surface area contributed by atoms with Gasteiger partial charge in [-0.15, -0.1) is 12.4 Å². The highest BCUT2D eigenvalue weighted by Crippen LogP contribution is 2.25. The van der Waals surface area contributed by atoms with Gasteiger partial charge in [-0.1, -0.05) is 6.07 Å². The summed E-state index contributed by atoms with van der Waals surface area (Å²) >= 11 is 3.44. The molecule has 1 aliphatic rings. The summed E-state index contributed by atoms with van der Waals surface area (Å²) in [7, 11) is 1.64. The van der Waals surface area contributed by atoms with Crippen LogP contribution in [0.1, 0.15) is 18.4 Å². The predicted octanol–water partition coefficient (Wildman–Crippen LogP) is 2.50. The first-order valence-electron chi connectivity index (χ1n) is 6.51. The molecule has 0 radical (unpaired) electrons. The van der Waals surface area contributed by atoms with E-state index in [9.17, 15) is 4.79 Å². The molecule has 20 heavy (non-hydrogen) atoms. The average Bonchev–Trinajstić information content (AvgIpc) is 2.46. The Labute approximate surface area is 134 Å². The van der Waals surface area contributed by atoms with Crippen molar-refractivity contribution in [1.29, 1.82) is 0 Å². The molecule has 1 aromatic rings. The molecule has 4 nitrogen and oxygen atoms in total. The van der Waals surface area contributed by atoms with E-state index in [1.807, 2.05) is 18.2 Å². The number of ether oxygens (including phenoxy) is 1. The van der Waals surface area contributed by atoms with Crippen LogP contribution in [0.2, 0.25) is 0 Å². The number of methoxy groups -OCH3 is 1. The third-order valence-corrected chi connectivity index (χ3v) is 4.01. The standard InChI is InChI=1S/C14H19BrN2O2.ClH/c1-19-13-3-2-10(8-12(13)15)9-17-14(18)11-4-6-16-7-5-11;/h2-3,8,11,16H,4-7,9H2,1H3,(H,17,18);1H. The van der Waals surface area contributed by atoms with Gasteiger partial charge in [0.25, 0.3) is 0 Å². The van der Waals surface area contributed by atoms with E-state index in [1.165, 1.54) is 0 Å². The molecule has 0 aliphatic carbocycles. The zero-order valence-electron chi connectivity index (χ0n) is 11.4. The van der Waals surface area contributed by atoms with Crippen molar-refractivity contribution in [3.8, 4) is 5.75 Å². The fourth-order valence-corrected chi connectivity index (χ4v) is 2.83. The molecule has 0 bridgehead atoms. The van der Waals surface area contributed by atoms with Gasteiger partial charge in [0.2, 0.25) is 5.91 Å².